The van der Waals surface area contributed by atoms with Gasteiger partial charge in [0.25, 0.3) is 0 Å². The number of fused-ring (bicyclic) bond motifs is 11. The second kappa shape index (κ2) is 16.8. The molecule has 5 aliphatic rings. The highest BCUT2D eigenvalue weighted by molar-refractivity contribution is 6.93. The third-order valence-electron chi connectivity index (χ3n) is 20.4. The molecule has 0 atom stereocenters. The van der Waals surface area contributed by atoms with Crippen LogP contribution in [0.2, 0.25) is 0 Å². The molecular formula is C72H81BN2O. The zero-order chi connectivity index (χ0) is 53.2. The molecule has 0 bridgehead atoms. The standard InChI is InChI=1S/C72H81BN2O/c1-15-16-18-21-45-37-52-49-26-27-50-51-41-56-58(72(13,14)35-33-70(56,9)10)43-63(51)76-66(50)65(49)75(48-25-28-53-55(40-48)69(7,8)31-30-67(53,3)4)73-59-29-24-47(46-22-19-17-20-23-46)39-61(59)74(62(38-45)64(52)73)60-42-57-54(36-44(60)2)68(5,6)32-34-71(57,11)12/h17,19-20,22-29,36-43H,15-16,18,21,30-35H2,1-14H3. The van der Waals surface area contributed by atoms with Gasteiger partial charge in [0.1, 0.15) is 5.58 Å². The van der Waals surface area contributed by atoms with Crippen molar-refractivity contribution >= 4 is 68.1 Å². The Morgan fingerprint density at radius 2 is 1.09 bits per heavy atom. The Morgan fingerprint density at radius 3 is 1.75 bits per heavy atom. The maximum absolute atomic E-state index is 7.59. The van der Waals surface area contributed by atoms with Gasteiger partial charge >= 0.3 is 6.85 Å². The molecule has 76 heavy (non-hydrogen) atoms. The maximum Gasteiger partial charge on any atom is 0.333 e. The predicted molar refractivity (Wildman–Crippen MR) is 327 cm³/mol. The van der Waals surface area contributed by atoms with E-state index in [2.05, 4.69) is 222 Å². The Hall–Kier alpha value is -6.00. The summed E-state index contributed by atoms with van der Waals surface area (Å²) in [5, 5.41) is 2.43. The topological polar surface area (TPSA) is 19.6 Å². The highest BCUT2D eigenvalue weighted by atomic mass is 16.3. The van der Waals surface area contributed by atoms with Gasteiger partial charge in [0.15, 0.2) is 5.58 Å². The van der Waals surface area contributed by atoms with E-state index in [1.54, 1.807) is 0 Å². The summed E-state index contributed by atoms with van der Waals surface area (Å²) in [5.41, 5.74) is 28.0. The molecule has 13 rings (SSSR count). The largest absolute Gasteiger partial charge is 0.454 e. The zero-order valence-corrected chi connectivity index (χ0v) is 48.4. The lowest BCUT2D eigenvalue weighted by Gasteiger charge is -2.48. The molecule has 4 heteroatoms. The molecule has 3 heterocycles. The lowest BCUT2D eigenvalue weighted by molar-refractivity contribution is 0.332. The molecular weight excluding hydrogens is 920 g/mol. The monoisotopic (exact) mass is 1000 g/mol. The van der Waals surface area contributed by atoms with Crippen LogP contribution in [-0.4, -0.2) is 6.85 Å². The van der Waals surface area contributed by atoms with Gasteiger partial charge < -0.3 is 14.1 Å². The third kappa shape index (κ3) is 7.41. The number of rotatable bonds is 7. The van der Waals surface area contributed by atoms with E-state index in [-0.39, 0.29) is 39.3 Å². The van der Waals surface area contributed by atoms with Crippen LogP contribution in [0.3, 0.4) is 0 Å². The van der Waals surface area contributed by atoms with Crippen molar-refractivity contribution in [1.29, 1.82) is 0 Å². The van der Waals surface area contributed by atoms with Crippen molar-refractivity contribution in [2.45, 2.75) is 194 Å². The van der Waals surface area contributed by atoms with Crippen molar-refractivity contribution in [2.24, 2.45) is 0 Å². The second-order valence-corrected chi connectivity index (χ2v) is 28.3. The molecule has 0 fully saturated rings. The predicted octanol–water partition coefficient (Wildman–Crippen LogP) is 19.0. The van der Waals surface area contributed by atoms with Crippen LogP contribution in [-0.2, 0) is 38.9 Å². The summed E-state index contributed by atoms with van der Waals surface area (Å²) in [6.45, 7) is 34.1. The number of unbranched alkanes of at least 4 members (excludes halogenated alkanes) is 2. The molecule has 388 valence electrons. The summed E-state index contributed by atoms with van der Waals surface area (Å²) in [4.78, 5) is 5.49. The molecule has 0 radical (unpaired) electrons. The first-order valence-corrected chi connectivity index (χ1v) is 29.3. The normalized spacial score (nSPS) is 19.6. The Bertz CT molecular complexity index is 3710. The quantitative estimate of drug-likeness (QED) is 0.117. The van der Waals surface area contributed by atoms with Crippen LogP contribution >= 0.6 is 0 Å². The molecule has 1 aromatic heterocycles. The lowest BCUT2D eigenvalue weighted by atomic mass is 9.43. The zero-order valence-electron chi connectivity index (χ0n) is 48.4. The highest BCUT2D eigenvalue weighted by Crippen LogP contribution is 2.56. The van der Waals surface area contributed by atoms with Crippen LogP contribution in [0.1, 0.15) is 192 Å². The van der Waals surface area contributed by atoms with Gasteiger partial charge in [-0.25, -0.2) is 0 Å². The summed E-state index contributed by atoms with van der Waals surface area (Å²) < 4.78 is 7.59. The molecule has 8 aromatic rings. The molecule has 3 nitrogen and oxygen atoms in total. The van der Waals surface area contributed by atoms with Crippen molar-refractivity contribution < 1.29 is 4.42 Å². The Kier molecular flexibility index (Phi) is 10.9. The van der Waals surface area contributed by atoms with Crippen molar-refractivity contribution in [3.63, 3.8) is 0 Å². The fraction of sp³-hybridized carbons (Fsp3) is 0.417. The lowest BCUT2D eigenvalue weighted by Crippen LogP contribution is -2.61. The molecule has 0 saturated heterocycles. The molecule has 2 aliphatic heterocycles. The summed E-state index contributed by atoms with van der Waals surface area (Å²) in [7, 11) is 0. The number of anilines is 5. The third-order valence-corrected chi connectivity index (χ3v) is 20.4. The maximum atomic E-state index is 7.59. The summed E-state index contributed by atoms with van der Waals surface area (Å²) in [5.74, 6) is 0. The van der Waals surface area contributed by atoms with Gasteiger partial charge in [0, 0.05) is 39.1 Å². The molecule has 7 aromatic carbocycles. The minimum absolute atomic E-state index is 0.0260. The van der Waals surface area contributed by atoms with Gasteiger partial charge in [-0.05, 0) is 211 Å². The Morgan fingerprint density at radius 1 is 0.487 bits per heavy atom. The van der Waals surface area contributed by atoms with Crippen LogP contribution in [0.4, 0.5) is 28.4 Å². The fourth-order valence-corrected chi connectivity index (χ4v) is 15.1. The van der Waals surface area contributed by atoms with Gasteiger partial charge in [-0.15, -0.1) is 0 Å². The van der Waals surface area contributed by atoms with Gasteiger partial charge in [0.05, 0.1) is 5.69 Å². The number of aryl methyl sites for hydroxylation is 2. The average Bonchev–Trinajstić information content (AvgIpc) is 3.96. The van der Waals surface area contributed by atoms with Crippen LogP contribution in [0, 0.1) is 6.92 Å². The molecule has 0 unspecified atom stereocenters. The van der Waals surface area contributed by atoms with E-state index in [0.29, 0.717) is 0 Å². The number of benzene rings is 7. The Balaban J connectivity index is 1.17. The second-order valence-electron chi connectivity index (χ2n) is 28.3. The minimum Gasteiger partial charge on any atom is -0.454 e. The van der Waals surface area contributed by atoms with Crippen molar-refractivity contribution in [1.82, 2.24) is 0 Å². The van der Waals surface area contributed by atoms with E-state index in [9.17, 15) is 0 Å². The van der Waals surface area contributed by atoms with E-state index in [0.717, 1.165) is 36.8 Å². The first-order valence-electron chi connectivity index (χ1n) is 29.3. The van der Waals surface area contributed by atoms with Crippen LogP contribution in [0.5, 0.6) is 0 Å². The number of hydrogen-bond acceptors (Lipinski definition) is 3. The van der Waals surface area contributed by atoms with Crippen LogP contribution in [0.15, 0.2) is 120 Å². The summed E-state index contributed by atoms with van der Waals surface area (Å²) in [6, 6.07) is 46.4. The van der Waals surface area contributed by atoms with Crippen molar-refractivity contribution in [3.05, 3.63) is 160 Å². The Labute approximate surface area is 455 Å². The molecule has 3 aliphatic carbocycles. The van der Waals surface area contributed by atoms with E-state index in [4.69, 9.17) is 4.42 Å². The van der Waals surface area contributed by atoms with Gasteiger partial charge in [-0.3, -0.25) is 0 Å². The molecule has 0 spiro atoms. The first kappa shape index (κ1) is 49.6. The average molecular weight is 1000 g/mol. The highest BCUT2D eigenvalue weighted by Gasteiger charge is 2.49. The van der Waals surface area contributed by atoms with E-state index in [1.807, 2.05) is 0 Å². The smallest absolute Gasteiger partial charge is 0.333 e. The molecule has 0 saturated carbocycles. The summed E-state index contributed by atoms with van der Waals surface area (Å²) >= 11 is 0. The van der Waals surface area contributed by atoms with Gasteiger partial charge in [-0.1, -0.05) is 170 Å². The van der Waals surface area contributed by atoms with Crippen LogP contribution in [0.25, 0.3) is 44.2 Å². The van der Waals surface area contributed by atoms with Crippen molar-refractivity contribution in [2.75, 3.05) is 9.71 Å². The molecule has 0 amide bonds. The van der Waals surface area contributed by atoms with Gasteiger partial charge in [0.2, 0.25) is 0 Å². The number of furan rings is 1. The number of hydrogen-bond donors (Lipinski definition) is 0. The number of nitrogens with zero attached hydrogens (tertiary/aromatic N) is 2. The van der Waals surface area contributed by atoms with E-state index in [1.165, 1.54) is 155 Å². The minimum atomic E-state index is -0.144. The fourth-order valence-electron chi connectivity index (χ4n) is 15.1. The molecule has 0 N–H and O–H groups in total. The first-order chi connectivity index (χ1) is 36.0. The van der Waals surface area contributed by atoms with Gasteiger partial charge in [-0.2, -0.15) is 0 Å². The van der Waals surface area contributed by atoms with E-state index >= 15 is 0 Å². The van der Waals surface area contributed by atoms with E-state index < -0.39 is 0 Å². The summed E-state index contributed by atoms with van der Waals surface area (Å²) in [6.07, 6.45) is 11.6. The van der Waals surface area contributed by atoms with Crippen molar-refractivity contribution in [3.8, 4) is 22.3 Å². The SMILES string of the molecule is CCCCCc1cc2c3c(c1)N(c1cc4c(cc1C)C(C)(C)CCC4(C)C)c1cc(-c4ccccc4)ccc1B3N(c1ccc3c(c1)C(C)(C)CCC3(C)C)c1c-2ccc2c1oc1cc3c(cc12)C(C)(C)CCC3(C)C. The van der Waals surface area contributed by atoms with Crippen LogP contribution < -0.4 is 20.6 Å².